The Bertz CT molecular complexity index is 764. The Morgan fingerprint density at radius 3 is 2.62 bits per heavy atom. The average Bonchev–Trinajstić information content (AvgIpc) is 2.34. The van der Waals surface area contributed by atoms with E-state index in [1.54, 1.807) is 18.2 Å². The Kier molecular flexibility index (Phi) is 3.39. The van der Waals surface area contributed by atoms with Gasteiger partial charge in [-0.3, -0.25) is 0 Å². The summed E-state index contributed by atoms with van der Waals surface area (Å²) in [6.07, 6.45) is 3.94. The number of anilines is 1. The third-order valence-corrected chi connectivity index (χ3v) is 3.23. The van der Waals surface area contributed by atoms with Crippen molar-refractivity contribution in [3.63, 3.8) is 0 Å². The van der Waals surface area contributed by atoms with Crippen molar-refractivity contribution in [2.24, 2.45) is 0 Å². The van der Waals surface area contributed by atoms with Gasteiger partial charge in [0.2, 0.25) is 5.75 Å². The van der Waals surface area contributed by atoms with Crippen molar-refractivity contribution in [3.8, 4) is 11.5 Å². The predicted molar refractivity (Wildman–Crippen MR) is 82.1 cm³/mol. The highest BCUT2D eigenvalue weighted by molar-refractivity contribution is 6.30. The number of allylic oxidation sites excluding steroid dienone is 1. The summed E-state index contributed by atoms with van der Waals surface area (Å²) in [4.78, 5) is 0. The number of benzene rings is 2. The molecule has 1 heterocycles. The standard InChI is InChI=1S/C16H13ClFN2O/c1-10-8-20(9-10)15-3-2-13(19)7-16(15)21-14-5-11(17)4-12(18)6-14/h2-9H,19H2,1H3/q+1. The van der Waals surface area contributed by atoms with Crippen LogP contribution in [0, 0.1) is 5.82 Å². The van der Waals surface area contributed by atoms with Crippen LogP contribution >= 0.6 is 11.6 Å². The number of hydrogen-bond donors (Lipinski definition) is 1. The summed E-state index contributed by atoms with van der Waals surface area (Å²) in [5.41, 5.74) is 8.36. The second kappa shape index (κ2) is 5.22. The quantitative estimate of drug-likeness (QED) is 0.670. The van der Waals surface area contributed by atoms with Gasteiger partial charge in [0.25, 0.3) is 5.69 Å². The molecule has 0 amide bonds. The summed E-state index contributed by atoms with van der Waals surface area (Å²) in [7, 11) is 0. The summed E-state index contributed by atoms with van der Waals surface area (Å²) < 4.78 is 21.1. The van der Waals surface area contributed by atoms with E-state index in [2.05, 4.69) is 0 Å². The van der Waals surface area contributed by atoms with Gasteiger partial charge < -0.3 is 10.5 Å². The molecule has 0 saturated carbocycles. The van der Waals surface area contributed by atoms with Crippen molar-refractivity contribution in [1.29, 1.82) is 0 Å². The maximum Gasteiger partial charge on any atom is 0.253 e. The fourth-order valence-corrected chi connectivity index (χ4v) is 2.32. The Morgan fingerprint density at radius 2 is 1.95 bits per heavy atom. The van der Waals surface area contributed by atoms with Gasteiger partial charge in [-0.15, -0.1) is 0 Å². The molecule has 3 nitrogen and oxygen atoms in total. The molecule has 1 aliphatic heterocycles. The van der Waals surface area contributed by atoms with Gasteiger partial charge >= 0.3 is 0 Å². The molecule has 0 fully saturated rings. The number of rotatable bonds is 3. The molecule has 0 bridgehead atoms. The van der Waals surface area contributed by atoms with E-state index in [1.807, 2.05) is 30.0 Å². The Labute approximate surface area is 126 Å². The van der Waals surface area contributed by atoms with E-state index in [1.165, 1.54) is 12.1 Å². The van der Waals surface area contributed by atoms with Gasteiger partial charge in [-0.05, 0) is 25.1 Å². The van der Waals surface area contributed by atoms with Crippen LogP contribution in [0.25, 0.3) is 0 Å². The molecule has 2 aromatic carbocycles. The molecule has 0 unspecified atom stereocenters. The van der Waals surface area contributed by atoms with Gasteiger partial charge in [0.1, 0.15) is 11.6 Å². The highest BCUT2D eigenvalue weighted by Crippen LogP contribution is 2.35. The van der Waals surface area contributed by atoms with Crippen LogP contribution in [-0.2, 0) is 0 Å². The van der Waals surface area contributed by atoms with Crippen LogP contribution in [0.15, 0.2) is 48.2 Å². The van der Waals surface area contributed by atoms with Crippen LogP contribution in [0.2, 0.25) is 5.02 Å². The Hall–Kier alpha value is -2.33. The van der Waals surface area contributed by atoms with Crippen molar-refractivity contribution in [1.82, 2.24) is 0 Å². The van der Waals surface area contributed by atoms with Crippen molar-refractivity contribution in [2.75, 3.05) is 5.73 Å². The first-order valence-corrected chi connectivity index (χ1v) is 6.74. The van der Waals surface area contributed by atoms with E-state index >= 15 is 0 Å². The van der Waals surface area contributed by atoms with Crippen molar-refractivity contribution < 1.29 is 13.7 Å². The van der Waals surface area contributed by atoms with Gasteiger partial charge in [-0.25, -0.2) is 4.39 Å². The molecule has 0 atom stereocenters. The average molecular weight is 304 g/mol. The van der Waals surface area contributed by atoms with Crippen LogP contribution < -0.4 is 10.5 Å². The highest BCUT2D eigenvalue weighted by Gasteiger charge is 2.21. The van der Waals surface area contributed by atoms with E-state index in [9.17, 15) is 4.39 Å². The first-order valence-electron chi connectivity index (χ1n) is 6.36. The molecule has 0 aliphatic carbocycles. The normalized spacial score (nSPS) is 13.3. The minimum absolute atomic E-state index is 0.279. The molecule has 0 saturated heterocycles. The second-order valence-corrected chi connectivity index (χ2v) is 5.28. The lowest BCUT2D eigenvalue weighted by molar-refractivity contribution is -0.368. The van der Waals surface area contributed by atoms with Crippen molar-refractivity contribution in [2.45, 2.75) is 6.92 Å². The predicted octanol–water partition coefficient (Wildman–Crippen LogP) is 4.49. The van der Waals surface area contributed by atoms with Gasteiger partial charge in [-0.1, -0.05) is 11.6 Å². The van der Waals surface area contributed by atoms with Crippen LogP contribution in [-0.4, -0.2) is 10.8 Å². The van der Waals surface area contributed by atoms with Gasteiger partial charge in [0.05, 0.1) is 5.57 Å². The molecule has 2 aromatic rings. The zero-order valence-corrected chi connectivity index (χ0v) is 12.1. The van der Waals surface area contributed by atoms with E-state index < -0.39 is 5.82 Å². The highest BCUT2D eigenvalue weighted by atomic mass is 35.5. The molecule has 3 rings (SSSR count). The van der Waals surface area contributed by atoms with E-state index in [-0.39, 0.29) is 5.02 Å². The number of nitrogens with zero attached hydrogens (tertiary/aromatic N) is 1. The topological polar surface area (TPSA) is 38.3 Å². The molecule has 5 heteroatoms. The van der Waals surface area contributed by atoms with Crippen LogP contribution in [0.5, 0.6) is 11.5 Å². The number of ether oxygens (including phenoxy) is 1. The third kappa shape index (κ3) is 2.90. The van der Waals surface area contributed by atoms with Crippen LogP contribution in [0.4, 0.5) is 15.8 Å². The SMILES string of the molecule is CC1=C[N+](c2ccc(N)cc2Oc2cc(F)cc(Cl)c2)=C1. The smallest absolute Gasteiger partial charge is 0.253 e. The molecule has 2 N–H and O–H groups in total. The first-order chi connectivity index (χ1) is 10.0. The second-order valence-electron chi connectivity index (χ2n) is 4.84. The van der Waals surface area contributed by atoms with E-state index in [0.717, 1.165) is 11.3 Å². The zero-order chi connectivity index (χ0) is 15.0. The first kappa shape index (κ1) is 13.6. The molecule has 0 aromatic heterocycles. The Balaban J connectivity index is 1.97. The maximum absolute atomic E-state index is 13.4. The van der Waals surface area contributed by atoms with Crippen LogP contribution in [0.1, 0.15) is 6.92 Å². The minimum Gasteiger partial charge on any atom is -0.450 e. The summed E-state index contributed by atoms with van der Waals surface area (Å²) in [6, 6.07) is 9.40. The minimum atomic E-state index is -0.450. The molecule has 0 spiro atoms. The number of nitrogen functional groups attached to an aromatic ring is 1. The Morgan fingerprint density at radius 1 is 1.19 bits per heavy atom. The summed E-state index contributed by atoms with van der Waals surface area (Å²) >= 11 is 5.84. The van der Waals surface area contributed by atoms with E-state index in [4.69, 9.17) is 22.1 Å². The monoisotopic (exact) mass is 303 g/mol. The summed E-state index contributed by atoms with van der Waals surface area (Å²) in [5, 5.41) is 0.279. The van der Waals surface area contributed by atoms with E-state index in [0.29, 0.717) is 17.2 Å². The number of halogens is 2. The van der Waals surface area contributed by atoms with Gasteiger partial charge in [0.15, 0.2) is 12.4 Å². The largest absolute Gasteiger partial charge is 0.450 e. The molecule has 21 heavy (non-hydrogen) atoms. The fourth-order valence-electron chi connectivity index (χ4n) is 2.11. The van der Waals surface area contributed by atoms with Gasteiger partial charge in [-0.2, -0.15) is 4.58 Å². The molecular formula is C16H13ClFN2O+. The number of hydrogen-bond acceptors (Lipinski definition) is 2. The lowest BCUT2D eigenvalue weighted by atomic mass is 10.2. The molecule has 0 radical (unpaired) electrons. The lowest BCUT2D eigenvalue weighted by Gasteiger charge is -2.12. The summed E-state index contributed by atoms with van der Waals surface area (Å²) in [6.45, 7) is 2.00. The molecular weight excluding hydrogens is 291 g/mol. The lowest BCUT2D eigenvalue weighted by Crippen LogP contribution is -2.11. The molecule has 1 aliphatic rings. The van der Waals surface area contributed by atoms with Crippen molar-refractivity contribution >= 4 is 29.2 Å². The zero-order valence-electron chi connectivity index (χ0n) is 11.3. The van der Waals surface area contributed by atoms with Crippen LogP contribution in [0.3, 0.4) is 0 Å². The van der Waals surface area contributed by atoms with Crippen molar-refractivity contribution in [3.05, 3.63) is 59.0 Å². The fraction of sp³-hybridized carbons (Fsp3) is 0.0625. The number of nitrogens with two attached hydrogens (primary N) is 1. The molecule has 106 valence electrons. The summed E-state index contributed by atoms with van der Waals surface area (Å²) in [5.74, 6) is 0.416. The third-order valence-electron chi connectivity index (χ3n) is 3.01. The van der Waals surface area contributed by atoms with Gasteiger partial charge in [0, 0.05) is 28.9 Å². The maximum atomic E-state index is 13.4.